The molecular weight excluding hydrogens is 532 g/mol. The summed E-state index contributed by atoms with van der Waals surface area (Å²) >= 11 is 0. The molecule has 0 aromatic heterocycles. The Morgan fingerprint density at radius 1 is 0.206 bits per heavy atom. The van der Waals surface area contributed by atoms with Gasteiger partial charge in [0.05, 0.1) is 0 Å². The van der Waals surface area contributed by atoms with Gasteiger partial charge < -0.3 is 0 Å². The highest BCUT2D eigenvalue weighted by molar-refractivity contribution is 7.60. The first kappa shape index (κ1) is 28.0. The molecule has 0 amide bonds. The highest BCUT2D eigenvalue weighted by Gasteiger charge is 2.67. The van der Waals surface area contributed by atoms with E-state index in [0.717, 1.165) is 0 Å². The Hall–Kier alpha value is -0.620. The SMILES string of the molecule is FC1C(F)C(F)C(P(C2C(F)C(F)C(F)C(F)C2F)C2C(F)C(F)C(F)C(F)C2F)C(F)C1F. The van der Waals surface area contributed by atoms with E-state index in [2.05, 4.69) is 0 Å². The van der Waals surface area contributed by atoms with E-state index in [0.29, 0.717) is 0 Å². The van der Waals surface area contributed by atoms with Crippen LogP contribution in [0.15, 0.2) is 0 Å². The molecule has 3 saturated carbocycles. The molecule has 16 heteroatoms. The third-order valence-electron chi connectivity index (χ3n) is 6.64. The Morgan fingerprint density at radius 2 is 0.324 bits per heavy atom. The smallest absolute Gasteiger partial charge is 0.168 e. The van der Waals surface area contributed by atoms with Crippen LogP contribution in [0.5, 0.6) is 0 Å². The van der Waals surface area contributed by atoms with E-state index in [9.17, 15) is 65.9 Å². The molecule has 12 unspecified atom stereocenters. The van der Waals surface area contributed by atoms with E-state index >= 15 is 0 Å². The molecule has 0 aromatic rings. The van der Waals surface area contributed by atoms with Crippen molar-refractivity contribution in [1.29, 1.82) is 0 Å². The Kier molecular flexibility index (Phi) is 8.25. The number of rotatable bonds is 3. The fourth-order valence-electron chi connectivity index (χ4n) is 4.82. The van der Waals surface area contributed by atoms with Crippen LogP contribution in [0.3, 0.4) is 0 Å². The van der Waals surface area contributed by atoms with Gasteiger partial charge in [0.1, 0.15) is 37.0 Å². The zero-order valence-electron chi connectivity index (χ0n) is 16.5. The zero-order valence-corrected chi connectivity index (χ0v) is 17.4. The fourth-order valence-corrected chi connectivity index (χ4v) is 8.97. The zero-order chi connectivity index (χ0) is 26.0. The van der Waals surface area contributed by atoms with Crippen molar-refractivity contribution in [1.82, 2.24) is 0 Å². The van der Waals surface area contributed by atoms with E-state index in [4.69, 9.17) is 0 Å². The van der Waals surface area contributed by atoms with Gasteiger partial charge in [-0.05, 0) is 0 Å². The summed E-state index contributed by atoms with van der Waals surface area (Å²) in [6, 6.07) is 0. The molecule has 12 atom stereocenters. The minimum Gasteiger partial charge on any atom is -0.243 e. The third kappa shape index (κ3) is 4.17. The van der Waals surface area contributed by atoms with Crippen LogP contribution in [-0.2, 0) is 0 Å². The van der Waals surface area contributed by atoms with Gasteiger partial charge in [-0.15, -0.1) is 0 Å². The summed E-state index contributed by atoms with van der Waals surface area (Å²) in [5, 5.41) is 0. The average Bonchev–Trinajstić information content (AvgIpc) is 2.81. The molecule has 0 heterocycles. The van der Waals surface area contributed by atoms with Gasteiger partial charge in [-0.25, -0.2) is 65.9 Å². The van der Waals surface area contributed by atoms with Gasteiger partial charge in [0.25, 0.3) is 0 Å². The lowest BCUT2D eigenvalue weighted by atomic mass is 9.90. The molecule has 0 bridgehead atoms. The van der Waals surface area contributed by atoms with Gasteiger partial charge in [0, 0.05) is 17.0 Å². The average molecular weight is 550 g/mol. The Morgan fingerprint density at radius 3 is 0.471 bits per heavy atom. The molecule has 0 aromatic carbocycles. The first-order valence-electron chi connectivity index (χ1n) is 10.0. The quantitative estimate of drug-likeness (QED) is 0.313. The molecule has 3 rings (SSSR count). The van der Waals surface area contributed by atoms with Crippen LogP contribution in [0.2, 0.25) is 0 Å². The predicted molar refractivity (Wildman–Crippen MR) is 91.7 cm³/mol. The second kappa shape index (κ2) is 10.0. The van der Waals surface area contributed by atoms with Crippen LogP contribution >= 0.6 is 7.92 Å². The van der Waals surface area contributed by atoms with Crippen LogP contribution in [-0.4, -0.2) is 110 Å². The van der Waals surface area contributed by atoms with E-state index in [1.807, 2.05) is 0 Å². The van der Waals surface area contributed by atoms with Crippen molar-refractivity contribution in [3.63, 3.8) is 0 Å². The highest BCUT2D eigenvalue weighted by Crippen LogP contribution is 2.65. The molecule has 0 nitrogen and oxygen atoms in total. The minimum absolute atomic E-state index is 3.26. The van der Waals surface area contributed by atoms with Gasteiger partial charge in [-0.2, -0.15) is 0 Å². The van der Waals surface area contributed by atoms with Crippen molar-refractivity contribution in [2.24, 2.45) is 0 Å². The van der Waals surface area contributed by atoms with Crippen LogP contribution in [0, 0.1) is 0 Å². The van der Waals surface area contributed by atoms with Crippen molar-refractivity contribution in [2.75, 3.05) is 0 Å². The Labute approximate surface area is 184 Å². The number of alkyl halides is 15. The highest BCUT2D eigenvalue weighted by atomic mass is 31.1. The first-order valence-corrected chi connectivity index (χ1v) is 11.6. The number of halogens is 15. The van der Waals surface area contributed by atoms with Crippen LogP contribution in [0.1, 0.15) is 0 Å². The maximum absolute atomic E-state index is 14.7. The van der Waals surface area contributed by atoms with Crippen molar-refractivity contribution in [3.05, 3.63) is 0 Å². The van der Waals surface area contributed by atoms with E-state index in [1.54, 1.807) is 0 Å². The van der Waals surface area contributed by atoms with Gasteiger partial charge in [-0.3, -0.25) is 0 Å². The maximum atomic E-state index is 14.7. The van der Waals surface area contributed by atoms with Gasteiger partial charge >= 0.3 is 0 Å². The van der Waals surface area contributed by atoms with Crippen molar-refractivity contribution in [3.8, 4) is 0 Å². The molecule has 0 N–H and O–H groups in total. The second-order valence-electron chi connectivity index (χ2n) is 8.59. The standard InChI is InChI=1S/C18H18F15P/c19-1-4(22)10(28)16(11(29)5(1)23)34(17-12(30)6(24)2(20)7(25)13(17)31)18-14(32)8(26)3(21)9(27)15(18)33/h1-18H. The Balaban J connectivity index is 2.18. The summed E-state index contributed by atoms with van der Waals surface area (Å²) in [7, 11) is -4.26. The number of hydrogen-bond acceptors (Lipinski definition) is 0. The van der Waals surface area contributed by atoms with Crippen LogP contribution in [0.25, 0.3) is 0 Å². The summed E-state index contributed by atoms with van der Waals surface area (Å²) in [6.07, 6.45) is -54.0. The Bertz CT molecular complexity index is 566. The molecule has 0 spiro atoms. The summed E-state index contributed by atoms with van der Waals surface area (Å²) in [5.41, 5.74) is -9.79. The normalized spacial score (nSPS) is 60.1. The fraction of sp³-hybridized carbons (Fsp3) is 1.00. The maximum Gasteiger partial charge on any atom is 0.168 e. The molecule has 0 saturated heterocycles. The lowest BCUT2D eigenvalue weighted by Gasteiger charge is -2.52. The summed E-state index contributed by atoms with van der Waals surface area (Å²) in [4.78, 5) is 0. The molecule has 3 fully saturated rings. The van der Waals surface area contributed by atoms with Gasteiger partial charge in [0.2, 0.25) is 0 Å². The summed E-state index contributed by atoms with van der Waals surface area (Å²) in [6.45, 7) is 0. The van der Waals surface area contributed by atoms with Crippen LogP contribution < -0.4 is 0 Å². The monoisotopic (exact) mass is 550 g/mol. The predicted octanol–water partition coefficient (Wildman–Crippen LogP) is 5.69. The molecule has 34 heavy (non-hydrogen) atoms. The largest absolute Gasteiger partial charge is 0.243 e. The van der Waals surface area contributed by atoms with E-state index < -0.39 is 117 Å². The molecule has 0 aliphatic heterocycles. The van der Waals surface area contributed by atoms with Gasteiger partial charge in [0.15, 0.2) is 55.5 Å². The van der Waals surface area contributed by atoms with Crippen molar-refractivity contribution < 1.29 is 65.9 Å². The second-order valence-corrected chi connectivity index (χ2v) is 11.3. The molecule has 200 valence electrons. The molecular formula is C18H18F15P. The topological polar surface area (TPSA) is 0 Å². The van der Waals surface area contributed by atoms with Crippen molar-refractivity contribution in [2.45, 2.75) is 110 Å². The lowest BCUT2D eigenvalue weighted by molar-refractivity contribution is -0.0628. The molecule has 0 radical (unpaired) electrons. The summed E-state index contributed by atoms with van der Waals surface area (Å²) in [5.74, 6) is 0. The third-order valence-corrected chi connectivity index (χ3v) is 10.4. The minimum atomic E-state index is -4.26. The van der Waals surface area contributed by atoms with E-state index in [-0.39, 0.29) is 0 Å². The molecule has 3 aliphatic carbocycles. The van der Waals surface area contributed by atoms with Gasteiger partial charge in [-0.1, -0.05) is 7.92 Å². The van der Waals surface area contributed by atoms with Crippen LogP contribution in [0.4, 0.5) is 65.9 Å². The number of hydrogen-bond donors (Lipinski definition) is 0. The first-order chi connectivity index (χ1) is 15.7. The van der Waals surface area contributed by atoms with E-state index in [1.165, 1.54) is 0 Å². The van der Waals surface area contributed by atoms with Crippen molar-refractivity contribution >= 4 is 7.92 Å². The lowest BCUT2D eigenvalue weighted by Crippen LogP contribution is -2.65. The molecule has 3 aliphatic rings. The summed E-state index contributed by atoms with van der Waals surface area (Å²) < 4.78 is 213.